The Morgan fingerprint density at radius 1 is 1.06 bits per heavy atom. The lowest BCUT2D eigenvalue weighted by molar-refractivity contribution is 0.00551. The van der Waals surface area contributed by atoms with Gasteiger partial charge in [0.05, 0.1) is 12.7 Å². The molecule has 2 aliphatic carbocycles. The summed E-state index contributed by atoms with van der Waals surface area (Å²) in [7, 11) is 0. The summed E-state index contributed by atoms with van der Waals surface area (Å²) in [6.45, 7) is 3.32. The van der Waals surface area contributed by atoms with Crippen LogP contribution in [0, 0.1) is 11.3 Å². The molecule has 0 aromatic carbocycles. The van der Waals surface area contributed by atoms with Crippen LogP contribution in [-0.4, -0.2) is 25.8 Å². The minimum absolute atomic E-state index is 0.498. The van der Waals surface area contributed by atoms with Crippen LogP contribution >= 0.6 is 0 Å². The Bertz CT molecular complexity index is 241. The largest absolute Gasteiger partial charge is 0.376 e. The fourth-order valence-corrected chi connectivity index (χ4v) is 4.12. The van der Waals surface area contributed by atoms with E-state index in [-0.39, 0.29) is 0 Å². The monoisotopic (exact) mass is 237 g/mol. The molecule has 17 heavy (non-hydrogen) atoms. The van der Waals surface area contributed by atoms with Crippen LogP contribution in [0.5, 0.6) is 0 Å². The van der Waals surface area contributed by atoms with Crippen molar-refractivity contribution in [1.82, 2.24) is 5.32 Å². The van der Waals surface area contributed by atoms with Crippen LogP contribution in [0.25, 0.3) is 0 Å². The van der Waals surface area contributed by atoms with Crippen molar-refractivity contribution in [3.05, 3.63) is 0 Å². The van der Waals surface area contributed by atoms with Crippen molar-refractivity contribution in [3.63, 3.8) is 0 Å². The van der Waals surface area contributed by atoms with Crippen LogP contribution in [0.15, 0.2) is 0 Å². The average molecular weight is 237 g/mol. The highest BCUT2D eigenvalue weighted by Gasteiger charge is 2.36. The van der Waals surface area contributed by atoms with Crippen LogP contribution in [0.1, 0.15) is 57.8 Å². The SMILES string of the molecule is C1CCC(CC2CNCC3(CCCC3)CO2)C1. The van der Waals surface area contributed by atoms with Gasteiger partial charge in [0, 0.05) is 18.5 Å². The Kier molecular flexibility index (Phi) is 3.72. The molecule has 98 valence electrons. The second-order valence-electron chi connectivity index (χ2n) is 6.66. The van der Waals surface area contributed by atoms with E-state index in [2.05, 4.69) is 5.32 Å². The quantitative estimate of drug-likeness (QED) is 0.797. The molecule has 1 atom stereocenters. The van der Waals surface area contributed by atoms with Crippen molar-refractivity contribution >= 4 is 0 Å². The van der Waals surface area contributed by atoms with Crippen molar-refractivity contribution in [2.24, 2.45) is 11.3 Å². The maximum Gasteiger partial charge on any atom is 0.0702 e. The van der Waals surface area contributed by atoms with Gasteiger partial charge in [-0.25, -0.2) is 0 Å². The fourth-order valence-electron chi connectivity index (χ4n) is 4.12. The van der Waals surface area contributed by atoms with E-state index in [1.807, 2.05) is 0 Å². The second kappa shape index (κ2) is 5.27. The molecular formula is C15H27NO. The lowest BCUT2D eigenvalue weighted by atomic mass is 9.87. The molecule has 0 radical (unpaired) electrons. The van der Waals surface area contributed by atoms with Crippen molar-refractivity contribution < 1.29 is 4.74 Å². The molecule has 1 heterocycles. The molecule has 1 N–H and O–H groups in total. The third kappa shape index (κ3) is 2.85. The fraction of sp³-hybridized carbons (Fsp3) is 1.00. The number of ether oxygens (including phenoxy) is 1. The summed E-state index contributed by atoms with van der Waals surface area (Å²) in [5.74, 6) is 0.958. The van der Waals surface area contributed by atoms with Gasteiger partial charge in [0.1, 0.15) is 0 Å². The number of hydrogen-bond donors (Lipinski definition) is 1. The van der Waals surface area contributed by atoms with Gasteiger partial charge in [-0.1, -0.05) is 38.5 Å². The minimum Gasteiger partial charge on any atom is -0.376 e. The average Bonchev–Trinajstić information content (AvgIpc) is 2.93. The number of nitrogens with one attached hydrogen (secondary N) is 1. The Morgan fingerprint density at radius 2 is 1.82 bits per heavy atom. The van der Waals surface area contributed by atoms with Crippen LogP contribution in [0.3, 0.4) is 0 Å². The molecule has 2 saturated carbocycles. The van der Waals surface area contributed by atoms with E-state index in [1.165, 1.54) is 64.3 Å². The van der Waals surface area contributed by atoms with E-state index < -0.39 is 0 Å². The van der Waals surface area contributed by atoms with Gasteiger partial charge >= 0.3 is 0 Å². The molecule has 1 aliphatic heterocycles. The van der Waals surface area contributed by atoms with Gasteiger partial charge in [0.15, 0.2) is 0 Å². The van der Waals surface area contributed by atoms with Crippen LogP contribution in [-0.2, 0) is 4.74 Å². The highest BCUT2D eigenvalue weighted by Crippen LogP contribution is 2.39. The molecule has 3 aliphatic rings. The Balaban J connectivity index is 1.51. The topological polar surface area (TPSA) is 21.3 Å². The summed E-state index contributed by atoms with van der Waals surface area (Å²) in [6.07, 6.45) is 13.2. The summed E-state index contributed by atoms with van der Waals surface area (Å²) in [4.78, 5) is 0. The summed E-state index contributed by atoms with van der Waals surface area (Å²) in [5, 5.41) is 3.68. The normalized spacial score (nSPS) is 34.2. The molecule has 1 spiro atoms. The molecule has 2 heteroatoms. The van der Waals surface area contributed by atoms with Gasteiger partial charge in [-0.15, -0.1) is 0 Å². The molecule has 2 nitrogen and oxygen atoms in total. The molecule has 0 aromatic heterocycles. The lowest BCUT2D eigenvalue weighted by Crippen LogP contribution is -2.33. The predicted molar refractivity (Wildman–Crippen MR) is 70.1 cm³/mol. The summed E-state index contributed by atoms with van der Waals surface area (Å²) >= 11 is 0. The van der Waals surface area contributed by atoms with Gasteiger partial charge in [-0.3, -0.25) is 0 Å². The van der Waals surface area contributed by atoms with Crippen molar-refractivity contribution in [3.8, 4) is 0 Å². The molecule has 0 bridgehead atoms. The Morgan fingerprint density at radius 3 is 2.59 bits per heavy atom. The first-order valence-electron chi connectivity index (χ1n) is 7.69. The van der Waals surface area contributed by atoms with Gasteiger partial charge < -0.3 is 10.1 Å². The summed E-state index contributed by atoms with van der Waals surface area (Å²) < 4.78 is 6.24. The zero-order valence-corrected chi connectivity index (χ0v) is 11.0. The van der Waals surface area contributed by atoms with Gasteiger partial charge in [0.25, 0.3) is 0 Å². The molecule has 0 amide bonds. The Labute approximate surface area is 105 Å². The standard InChI is InChI=1S/C15H27NO/c1-2-6-13(5-1)9-14-10-16-11-15(12-17-14)7-3-4-8-15/h13-14,16H,1-12H2. The molecular weight excluding hydrogens is 210 g/mol. The first-order valence-corrected chi connectivity index (χ1v) is 7.69. The van der Waals surface area contributed by atoms with E-state index in [0.29, 0.717) is 11.5 Å². The zero-order chi connectivity index (χ0) is 11.6. The molecule has 3 rings (SSSR count). The molecule has 1 unspecified atom stereocenters. The first-order chi connectivity index (χ1) is 8.36. The maximum atomic E-state index is 6.24. The van der Waals surface area contributed by atoms with Crippen LogP contribution in [0.4, 0.5) is 0 Å². The van der Waals surface area contributed by atoms with E-state index in [4.69, 9.17) is 4.74 Å². The molecule has 1 saturated heterocycles. The lowest BCUT2D eigenvalue weighted by Gasteiger charge is -2.26. The van der Waals surface area contributed by atoms with Crippen molar-refractivity contribution in [2.45, 2.75) is 63.9 Å². The zero-order valence-electron chi connectivity index (χ0n) is 11.0. The van der Waals surface area contributed by atoms with Crippen LogP contribution in [0.2, 0.25) is 0 Å². The summed E-state index contributed by atoms with van der Waals surface area (Å²) in [6, 6.07) is 0. The first kappa shape index (κ1) is 12.0. The van der Waals surface area contributed by atoms with E-state index >= 15 is 0 Å². The molecule has 0 aromatic rings. The smallest absolute Gasteiger partial charge is 0.0702 e. The van der Waals surface area contributed by atoms with E-state index in [0.717, 1.165) is 19.1 Å². The van der Waals surface area contributed by atoms with Gasteiger partial charge in [0.2, 0.25) is 0 Å². The van der Waals surface area contributed by atoms with E-state index in [1.54, 1.807) is 0 Å². The third-order valence-corrected chi connectivity index (χ3v) is 5.23. The predicted octanol–water partition coefficient (Wildman–Crippen LogP) is 3.12. The highest BCUT2D eigenvalue weighted by atomic mass is 16.5. The second-order valence-corrected chi connectivity index (χ2v) is 6.66. The third-order valence-electron chi connectivity index (χ3n) is 5.23. The minimum atomic E-state index is 0.498. The number of hydrogen-bond acceptors (Lipinski definition) is 2. The highest BCUT2D eigenvalue weighted by molar-refractivity contribution is 4.89. The van der Waals surface area contributed by atoms with Crippen LogP contribution < -0.4 is 5.32 Å². The van der Waals surface area contributed by atoms with E-state index in [9.17, 15) is 0 Å². The maximum absolute atomic E-state index is 6.24. The van der Waals surface area contributed by atoms with Crippen molar-refractivity contribution in [2.75, 3.05) is 19.7 Å². The van der Waals surface area contributed by atoms with Gasteiger partial charge in [-0.2, -0.15) is 0 Å². The number of rotatable bonds is 2. The molecule has 3 fully saturated rings. The van der Waals surface area contributed by atoms with Crippen molar-refractivity contribution in [1.29, 1.82) is 0 Å². The summed E-state index contributed by atoms with van der Waals surface area (Å²) in [5.41, 5.74) is 0.504. The van der Waals surface area contributed by atoms with Gasteiger partial charge in [-0.05, 0) is 25.2 Å². The Hall–Kier alpha value is -0.0800.